The highest BCUT2D eigenvalue weighted by Crippen LogP contribution is 2.28. The first-order valence-corrected chi connectivity index (χ1v) is 7.98. The van der Waals surface area contributed by atoms with Gasteiger partial charge in [0, 0.05) is 11.8 Å². The van der Waals surface area contributed by atoms with Crippen molar-refractivity contribution in [3.8, 4) is 0 Å². The minimum Gasteiger partial charge on any atom is -0.332 e. The second-order valence-electron chi connectivity index (χ2n) is 5.50. The van der Waals surface area contributed by atoms with Crippen LogP contribution in [-0.4, -0.2) is 10.0 Å². The van der Waals surface area contributed by atoms with E-state index in [1.54, 1.807) is 18.2 Å². The lowest BCUT2D eigenvalue weighted by molar-refractivity contribution is -0.383. The third kappa shape index (κ3) is 3.48. The van der Waals surface area contributed by atoms with E-state index in [4.69, 9.17) is 12.2 Å². The maximum atomic E-state index is 11.1. The van der Waals surface area contributed by atoms with Gasteiger partial charge >= 0.3 is 0 Å². The standard InChI is InChI=1S/C17H17N3O2S/c21-20(22)16-11-4-3-9-15(16)19-17(23)18-14-10-5-7-12-6-1-2-8-13(12)14/h3-5,7,9-11H,1-2,6,8H2,(H2,18,19,23). The minimum absolute atomic E-state index is 0.00624. The number of nitro benzene ring substituents is 1. The van der Waals surface area contributed by atoms with Crippen LogP contribution < -0.4 is 10.6 Å². The number of nitrogens with zero attached hydrogens (tertiary/aromatic N) is 1. The van der Waals surface area contributed by atoms with Gasteiger partial charge in [0.1, 0.15) is 5.69 Å². The second-order valence-corrected chi connectivity index (χ2v) is 5.91. The number of nitro groups is 1. The normalized spacial score (nSPS) is 13.0. The molecule has 0 aliphatic heterocycles. The molecule has 118 valence electrons. The van der Waals surface area contributed by atoms with Crippen LogP contribution in [0.25, 0.3) is 0 Å². The zero-order valence-electron chi connectivity index (χ0n) is 12.5. The predicted octanol–water partition coefficient (Wildman–Crippen LogP) is 4.28. The first-order valence-electron chi connectivity index (χ1n) is 7.57. The SMILES string of the molecule is O=[N+]([O-])c1ccccc1NC(=S)Nc1cccc2c1CCCC2. The summed E-state index contributed by atoms with van der Waals surface area (Å²) in [5.74, 6) is 0. The van der Waals surface area contributed by atoms with Crippen LogP contribution in [0.3, 0.4) is 0 Å². The number of anilines is 2. The molecule has 0 atom stereocenters. The van der Waals surface area contributed by atoms with Crippen molar-refractivity contribution in [1.82, 2.24) is 0 Å². The van der Waals surface area contributed by atoms with Crippen LogP contribution in [0.15, 0.2) is 42.5 Å². The molecule has 0 fully saturated rings. The highest BCUT2D eigenvalue weighted by Gasteiger charge is 2.16. The average Bonchev–Trinajstić information content (AvgIpc) is 2.55. The van der Waals surface area contributed by atoms with Crippen LogP contribution in [0.4, 0.5) is 17.1 Å². The summed E-state index contributed by atoms with van der Waals surface area (Å²) in [7, 11) is 0. The molecular formula is C17H17N3O2S. The number of aryl methyl sites for hydroxylation is 1. The van der Waals surface area contributed by atoms with E-state index in [1.165, 1.54) is 30.0 Å². The van der Waals surface area contributed by atoms with E-state index >= 15 is 0 Å². The molecule has 23 heavy (non-hydrogen) atoms. The molecule has 1 aliphatic rings. The van der Waals surface area contributed by atoms with Crippen molar-refractivity contribution < 1.29 is 4.92 Å². The van der Waals surface area contributed by atoms with Crippen LogP contribution in [0.5, 0.6) is 0 Å². The third-order valence-electron chi connectivity index (χ3n) is 3.99. The molecule has 0 spiro atoms. The summed E-state index contributed by atoms with van der Waals surface area (Å²) in [6.45, 7) is 0. The molecule has 3 rings (SSSR count). The molecule has 2 N–H and O–H groups in total. The molecule has 0 unspecified atom stereocenters. The Morgan fingerprint density at radius 3 is 2.52 bits per heavy atom. The van der Waals surface area contributed by atoms with E-state index in [1.807, 2.05) is 12.1 Å². The molecule has 0 aromatic heterocycles. The maximum Gasteiger partial charge on any atom is 0.292 e. The van der Waals surface area contributed by atoms with Crippen LogP contribution in [0, 0.1) is 10.1 Å². The molecular weight excluding hydrogens is 310 g/mol. The summed E-state index contributed by atoms with van der Waals surface area (Å²) in [5.41, 5.74) is 4.03. The Morgan fingerprint density at radius 2 is 1.70 bits per heavy atom. The van der Waals surface area contributed by atoms with Gasteiger partial charge in [0.25, 0.3) is 5.69 Å². The molecule has 1 aliphatic carbocycles. The number of benzene rings is 2. The highest BCUT2D eigenvalue weighted by atomic mass is 32.1. The fraction of sp³-hybridized carbons (Fsp3) is 0.235. The van der Waals surface area contributed by atoms with E-state index < -0.39 is 4.92 Å². The van der Waals surface area contributed by atoms with E-state index in [2.05, 4.69) is 16.7 Å². The van der Waals surface area contributed by atoms with Gasteiger partial charge in [-0.15, -0.1) is 0 Å². The molecule has 2 aromatic carbocycles. The van der Waals surface area contributed by atoms with Crippen molar-refractivity contribution in [1.29, 1.82) is 0 Å². The van der Waals surface area contributed by atoms with Gasteiger partial charge < -0.3 is 10.6 Å². The van der Waals surface area contributed by atoms with E-state index in [0.29, 0.717) is 10.8 Å². The van der Waals surface area contributed by atoms with Crippen molar-refractivity contribution in [2.24, 2.45) is 0 Å². The predicted molar refractivity (Wildman–Crippen MR) is 96.0 cm³/mol. The van der Waals surface area contributed by atoms with Gasteiger partial charge in [0.05, 0.1) is 4.92 Å². The summed E-state index contributed by atoms with van der Waals surface area (Å²) in [5, 5.41) is 17.5. The molecule has 6 heteroatoms. The zero-order valence-corrected chi connectivity index (χ0v) is 13.4. The number of para-hydroxylation sites is 2. The topological polar surface area (TPSA) is 67.2 Å². The van der Waals surface area contributed by atoms with Crippen LogP contribution in [-0.2, 0) is 12.8 Å². The Kier molecular flexibility index (Phi) is 4.52. The van der Waals surface area contributed by atoms with E-state index in [0.717, 1.165) is 18.5 Å². The van der Waals surface area contributed by atoms with Crippen LogP contribution >= 0.6 is 12.2 Å². The number of rotatable bonds is 3. The maximum absolute atomic E-state index is 11.1. The first kappa shape index (κ1) is 15.4. The molecule has 0 saturated heterocycles. The monoisotopic (exact) mass is 327 g/mol. The number of nitrogens with one attached hydrogen (secondary N) is 2. The lowest BCUT2D eigenvalue weighted by Crippen LogP contribution is -2.21. The number of thiocarbonyl (C=S) groups is 1. The molecule has 0 bridgehead atoms. The molecule has 2 aromatic rings. The number of hydrogen-bond donors (Lipinski definition) is 2. The summed E-state index contributed by atoms with van der Waals surface area (Å²) >= 11 is 5.32. The van der Waals surface area contributed by atoms with Crippen molar-refractivity contribution in [3.63, 3.8) is 0 Å². The van der Waals surface area contributed by atoms with Gasteiger partial charge in [-0.3, -0.25) is 10.1 Å². The Hall–Kier alpha value is -2.47. The summed E-state index contributed by atoms with van der Waals surface area (Å²) in [4.78, 5) is 10.6. The number of fused-ring (bicyclic) bond motifs is 1. The molecule has 0 saturated carbocycles. The third-order valence-corrected chi connectivity index (χ3v) is 4.20. The molecule has 0 radical (unpaired) electrons. The Morgan fingerprint density at radius 1 is 1.00 bits per heavy atom. The Bertz CT molecular complexity index is 761. The fourth-order valence-corrected chi connectivity index (χ4v) is 3.13. The van der Waals surface area contributed by atoms with Crippen LogP contribution in [0.2, 0.25) is 0 Å². The smallest absolute Gasteiger partial charge is 0.292 e. The average molecular weight is 327 g/mol. The van der Waals surface area contributed by atoms with E-state index in [-0.39, 0.29) is 5.69 Å². The van der Waals surface area contributed by atoms with Crippen molar-refractivity contribution >= 4 is 34.4 Å². The fourth-order valence-electron chi connectivity index (χ4n) is 2.91. The minimum atomic E-state index is -0.421. The van der Waals surface area contributed by atoms with Crippen molar-refractivity contribution in [3.05, 3.63) is 63.7 Å². The van der Waals surface area contributed by atoms with Gasteiger partial charge in [-0.25, -0.2) is 0 Å². The van der Waals surface area contributed by atoms with Crippen LogP contribution in [0.1, 0.15) is 24.0 Å². The highest BCUT2D eigenvalue weighted by molar-refractivity contribution is 7.80. The van der Waals surface area contributed by atoms with E-state index in [9.17, 15) is 10.1 Å². The van der Waals surface area contributed by atoms with Crippen molar-refractivity contribution in [2.45, 2.75) is 25.7 Å². The second kappa shape index (κ2) is 6.75. The first-order chi connectivity index (χ1) is 11.1. The van der Waals surface area contributed by atoms with Gasteiger partial charge in [-0.2, -0.15) is 0 Å². The number of hydrogen-bond acceptors (Lipinski definition) is 3. The lowest BCUT2D eigenvalue weighted by atomic mass is 9.90. The largest absolute Gasteiger partial charge is 0.332 e. The zero-order chi connectivity index (χ0) is 16.2. The molecule has 0 heterocycles. The molecule has 0 amide bonds. The summed E-state index contributed by atoms with van der Waals surface area (Å²) in [6, 6.07) is 12.6. The van der Waals surface area contributed by atoms with Gasteiger partial charge in [0.2, 0.25) is 0 Å². The quantitative estimate of drug-likeness (QED) is 0.500. The summed E-state index contributed by atoms with van der Waals surface area (Å²) < 4.78 is 0. The lowest BCUT2D eigenvalue weighted by Gasteiger charge is -2.20. The molecule has 5 nitrogen and oxygen atoms in total. The van der Waals surface area contributed by atoms with Gasteiger partial charge in [-0.1, -0.05) is 24.3 Å². The Labute approximate surface area is 139 Å². The van der Waals surface area contributed by atoms with Gasteiger partial charge in [-0.05, 0) is 61.2 Å². The van der Waals surface area contributed by atoms with Gasteiger partial charge in [0.15, 0.2) is 5.11 Å². The van der Waals surface area contributed by atoms with Crippen molar-refractivity contribution in [2.75, 3.05) is 10.6 Å². The summed E-state index contributed by atoms with van der Waals surface area (Å²) in [6.07, 6.45) is 4.52. The Balaban J connectivity index is 1.77.